The van der Waals surface area contributed by atoms with E-state index in [-0.39, 0.29) is 5.91 Å². The Morgan fingerprint density at radius 2 is 2.09 bits per heavy atom. The molecule has 3 aromatic rings. The molecule has 22 heavy (non-hydrogen) atoms. The number of nitrogens with zero attached hydrogens (tertiary/aromatic N) is 5. The van der Waals surface area contributed by atoms with Crippen LogP contribution in [0.15, 0.2) is 55.4 Å². The minimum absolute atomic E-state index is 0.323. The van der Waals surface area contributed by atoms with E-state index < -0.39 is 0 Å². The lowest BCUT2D eigenvalue weighted by Crippen LogP contribution is -2.13. The van der Waals surface area contributed by atoms with Crippen LogP contribution in [0.25, 0.3) is 5.95 Å². The Morgan fingerprint density at radius 1 is 1.27 bits per heavy atom. The van der Waals surface area contributed by atoms with Crippen molar-refractivity contribution in [2.45, 2.75) is 0 Å². The number of anilines is 1. The summed E-state index contributed by atoms with van der Waals surface area (Å²) in [5.74, 6) is 0.137. The summed E-state index contributed by atoms with van der Waals surface area (Å²) in [6.07, 6.45) is 7.95. The zero-order chi connectivity index (χ0) is 15.4. The van der Waals surface area contributed by atoms with Crippen molar-refractivity contribution in [3.63, 3.8) is 0 Å². The van der Waals surface area contributed by atoms with Crippen molar-refractivity contribution in [3.8, 4) is 12.0 Å². The highest BCUT2D eigenvalue weighted by atomic mass is 16.1. The minimum Gasteiger partial charge on any atom is -0.319 e. The van der Waals surface area contributed by atoms with Crippen LogP contribution in [-0.4, -0.2) is 25.4 Å². The van der Waals surface area contributed by atoms with Gasteiger partial charge < -0.3 is 5.32 Å². The molecule has 2 aromatic heterocycles. The van der Waals surface area contributed by atoms with E-state index >= 15 is 0 Å². The third-order valence-electron chi connectivity index (χ3n) is 2.89. The van der Waals surface area contributed by atoms with Crippen LogP contribution in [0, 0.1) is 11.3 Å². The largest absolute Gasteiger partial charge is 0.319 e. The number of nitrogens with one attached hydrogen (secondary N) is 1. The van der Waals surface area contributed by atoms with Gasteiger partial charge in [-0.1, -0.05) is 6.07 Å². The second-order valence-electron chi connectivity index (χ2n) is 4.39. The molecule has 0 radical (unpaired) electrons. The topological polar surface area (TPSA) is 96.5 Å². The molecule has 1 aromatic carbocycles. The van der Waals surface area contributed by atoms with E-state index in [9.17, 15) is 4.79 Å². The van der Waals surface area contributed by atoms with Gasteiger partial charge in [-0.2, -0.15) is 5.26 Å². The summed E-state index contributed by atoms with van der Waals surface area (Å²) in [7, 11) is 0. The number of aromatic nitrogens is 4. The van der Waals surface area contributed by atoms with Crippen molar-refractivity contribution in [2.24, 2.45) is 0 Å². The molecule has 2 heterocycles. The Morgan fingerprint density at radius 3 is 2.77 bits per heavy atom. The van der Waals surface area contributed by atoms with Crippen LogP contribution in [0.5, 0.6) is 0 Å². The Labute approximate surface area is 125 Å². The Balaban J connectivity index is 1.75. The van der Waals surface area contributed by atoms with Gasteiger partial charge in [-0.25, -0.2) is 15.0 Å². The van der Waals surface area contributed by atoms with E-state index in [1.165, 1.54) is 18.5 Å². The van der Waals surface area contributed by atoms with Crippen LogP contribution in [0.1, 0.15) is 15.9 Å². The van der Waals surface area contributed by atoms with Crippen molar-refractivity contribution < 1.29 is 4.79 Å². The van der Waals surface area contributed by atoms with Gasteiger partial charge >= 0.3 is 0 Å². The standard InChI is InChI=1S/C15H10N6O/c16-7-11-2-1-3-12(6-11)14(22)20-13-8-18-15(19-9-13)21-5-4-17-10-21/h1-6,8-10H,(H,20,22). The molecule has 1 N–H and O–H groups in total. The van der Waals surface area contributed by atoms with E-state index in [1.54, 1.807) is 41.5 Å². The highest BCUT2D eigenvalue weighted by Gasteiger charge is 2.08. The fraction of sp³-hybridized carbons (Fsp3) is 0. The SMILES string of the molecule is N#Cc1cccc(C(=O)Nc2cnc(-n3ccnc3)nc2)c1. The first-order valence-electron chi connectivity index (χ1n) is 6.38. The number of hydrogen-bond donors (Lipinski definition) is 1. The molecule has 0 aliphatic heterocycles. The second kappa shape index (κ2) is 5.85. The van der Waals surface area contributed by atoms with Gasteiger partial charge in [-0.15, -0.1) is 0 Å². The lowest BCUT2D eigenvalue weighted by molar-refractivity contribution is 0.102. The van der Waals surface area contributed by atoms with Crippen molar-refractivity contribution in [1.82, 2.24) is 19.5 Å². The summed E-state index contributed by atoms with van der Waals surface area (Å²) >= 11 is 0. The molecular formula is C15H10N6O. The normalized spacial score (nSPS) is 9.95. The van der Waals surface area contributed by atoms with Crippen LogP contribution in [0.4, 0.5) is 5.69 Å². The lowest BCUT2D eigenvalue weighted by Gasteiger charge is -2.06. The van der Waals surface area contributed by atoms with Crippen LogP contribution in [0.3, 0.4) is 0 Å². The molecule has 106 valence electrons. The first-order chi connectivity index (χ1) is 10.8. The monoisotopic (exact) mass is 290 g/mol. The molecule has 0 fully saturated rings. The maximum Gasteiger partial charge on any atom is 0.255 e. The van der Waals surface area contributed by atoms with Crippen LogP contribution in [-0.2, 0) is 0 Å². The molecule has 0 bridgehead atoms. The number of hydrogen-bond acceptors (Lipinski definition) is 5. The molecule has 0 atom stereocenters. The number of carbonyl (C=O) groups is 1. The van der Waals surface area contributed by atoms with Crippen LogP contribution < -0.4 is 5.32 Å². The van der Waals surface area contributed by atoms with Gasteiger partial charge in [-0.05, 0) is 18.2 Å². The van der Waals surface area contributed by atoms with E-state index in [0.29, 0.717) is 22.8 Å². The highest BCUT2D eigenvalue weighted by Crippen LogP contribution is 2.10. The fourth-order valence-corrected chi connectivity index (χ4v) is 1.83. The zero-order valence-corrected chi connectivity index (χ0v) is 11.3. The number of benzene rings is 1. The molecule has 0 aliphatic rings. The summed E-state index contributed by atoms with van der Waals surface area (Å²) in [5.41, 5.74) is 1.30. The van der Waals surface area contributed by atoms with Gasteiger partial charge in [0.25, 0.3) is 5.91 Å². The molecule has 0 saturated heterocycles. The zero-order valence-electron chi connectivity index (χ0n) is 11.3. The minimum atomic E-state index is -0.323. The van der Waals surface area contributed by atoms with Crippen LogP contribution in [0.2, 0.25) is 0 Å². The van der Waals surface area contributed by atoms with Crippen molar-refractivity contribution in [3.05, 3.63) is 66.5 Å². The number of amides is 1. The molecule has 0 unspecified atom stereocenters. The third-order valence-corrected chi connectivity index (χ3v) is 2.89. The predicted molar refractivity (Wildman–Crippen MR) is 78.3 cm³/mol. The average molecular weight is 290 g/mol. The number of nitriles is 1. The second-order valence-corrected chi connectivity index (χ2v) is 4.39. The smallest absolute Gasteiger partial charge is 0.255 e. The Kier molecular flexibility index (Phi) is 3.58. The first kappa shape index (κ1) is 13.5. The fourth-order valence-electron chi connectivity index (χ4n) is 1.83. The highest BCUT2D eigenvalue weighted by molar-refractivity contribution is 6.04. The molecule has 0 saturated carbocycles. The van der Waals surface area contributed by atoms with E-state index in [1.807, 2.05) is 6.07 Å². The Bertz CT molecular complexity index is 833. The Hall–Kier alpha value is -3.53. The molecule has 3 rings (SSSR count). The van der Waals surface area contributed by atoms with E-state index in [2.05, 4.69) is 20.3 Å². The molecule has 7 heteroatoms. The summed E-state index contributed by atoms with van der Waals surface area (Å²) in [6, 6.07) is 8.45. The predicted octanol–water partition coefficient (Wildman–Crippen LogP) is 1.79. The van der Waals surface area contributed by atoms with Gasteiger partial charge in [0.15, 0.2) is 0 Å². The van der Waals surface area contributed by atoms with Crippen molar-refractivity contribution in [1.29, 1.82) is 5.26 Å². The molecule has 0 spiro atoms. The lowest BCUT2D eigenvalue weighted by atomic mass is 10.1. The summed E-state index contributed by atoms with van der Waals surface area (Å²) in [4.78, 5) is 24.3. The molecule has 0 aliphatic carbocycles. The van der Waals surface area contributed by atoms with Crippen molar-refractivity contribution in [2.75, 3.05) is 5.32 Å². The maximum atomic E-state index is 12.1. The number of carbonyl (C=O) groups excluding carboxylic acids is 1. The van der Waals surface area contributed by atoms with E-state index in [4.69, 9.17) is 5.26 Å². The summed E-state index contributed by atoms with van der Waals surface area (Å²) in [5, 5.41) is 11.5. The van der Waals surface area contributed by atoms with Gasteiger partial charge in [0, 0.05) is 18.0 Å². The molecule has 1 amide bonds. The number of rotatable bonds is 3. The summed E-state index contributed by atoms with van der Waals surface area (Å²) in [6.45, 7) is 0. The van der Waals surface area contributed by atoms with Gasteiger partial charge in [0.05, 0.1) is 29.7 Å². The average Bonchev–Trinajstić information content (AvgIpc) is 3.10. The molecular weight excluding hydrogens is 280 g/mol. The summed E-state index contributed by atoms with van der Waals surface area (Å²) < 4.78 is 1.65. The maximum absolute atomic E-state index is 12.1. The van der Waals surface area contributed by atoms with Gasteiger partial charge in [0.1, 0.15) is 6.33 Å². The third kappa shape index (κ3) is 2.81. The quantitative estimate of drug-likeness (QED) is 0.793. The molecule has 7 nitrogen and oxygen atoms in total. The van der Waals surface area contributed by atoms with Crippen LogP contribution >= 0.6 is 0 Å². The van der Waals surface area contributed by atoms with Gasteiger partial charge in [0.2, 0.25) is 5.95 Å². The van der Waals surface area contributed by atoms with Crippen molar-refractivity contribution >= 4 is 11.6 Å². The first-order valence-corrected chi connectivity index (χ1v) is 6.38. The van der Waals surface area contributed by atoms with Gasteiger partial charge in [-0.3, -0.25) is 9.36 Å². The van der Waals surface area contributed by atoms with E-state index in [0.717, 1.165) is 0 Å². The number of imidazole rings is 1.